The van der Waals surface area contributed by atoms with Crippen LogP contribution in [0.15, 0.2) is 23.1 Å². The minimum absolute atomic E-state index is 0.0422. The third-order valence-electron chi connectivity index (χ3n) is 7.16. The summed E-state index contributed by atoms with van der Waals surface area (Å²) in [7, 11) is -3.73. The molecule has 0 bridgehead atoms. The second-order valence-electron chi connectivity index (χ2n) is 10.2. The minimum atomic E-state index is -3.73. The zero-order valence-electron chi connectivity index (χ0n) is 22.1. The maximum Gasteiger partial charge on any atom is 0.240 e. The highest BCUT2D eigenvalue weighted by molar-refractivity contribution is 7.89. The van der Waals surface area contributed by atoms with Crippen molar-refractivity contribution in [3.05, 3.63) is 23.2 Å². The number of carbonyl (C=O) groups is 2. The smallest absolute Gasteiger partial charge is 0.240 e. The summed E-state index contributed by atoms with van der Waals surface area (Å²) in [5.41, 5.74) is 0.201. The van der Waals surface area contributed by atoms with Gasteiger partial charge in [-0.3, -0.25) is 9.59 Å². The summed E-state index contributed by atoms with van der Waals surface area (Å²) in [5.74, 6) is -1.39. The van der Waals surface area contributed by atoms with Crippen LogP contribution in [0.1, 0.15) is 110 Å². The number of sulfonamides is 1. The molecule has 1 saturated carbocycles. The Bertz CT molecular complexity index is 929. The molecule has 2 N–H and O–H groups in total. The maximum atomic E-state index is 12.8. The molecular weight excluding hydrogens is 496 g/mol. The molecule has 1 aliphatic rings. The zero-order chi connectivity index (χ0) is 26.4. The number of anilines is 1. The number of hydrogen-bond acceptors (Lipinski definition) is 4. The molecule has 36 heavy (non-hydrogen) atoms. The van der Waals surface area contributed by atoms with Crippen molar-refractivity contribution >= 4 is 39.0 Å². The first-order chi connectivity index (χ1) is 17.3. The second kappa shape index (κ2) is 16.4. The van der Waals surface area contributed by atoms with Crippen LogP contribution in [0.3, 0.4) is 0 Å². The average molecular weight is 541 g/mol. The van der Waals surface area contributed by atoms with Gasteiger partial charge in [0.1, 0.15) is 5.78 Å². The topological polar surface area (TPSA) is 92.3 Å². The molecule has 0 aliphatic heterocycles. The Morgan fingerprint density at radius 2 is 1.53 bits per heavy atom. The quantitative estimate of drug-likeness (QED) is 0.160. The Morgan fingerprint density at radius 3 is 2.14 bits per heavy atom. The average Bonchev–Trinajstić information content (AvgIpc) is 2.88. The summed E-state index contributed by atoms with van der Waals surface area (Å²) < 4.78 is 28.2. The third-order valence-corrected chi connectivity index (χ3v) is 8.94. The van der Waals surface area contributed by atoms with Crippen LogP contribution in [0.5, 0.6) is 0 Å². The lowest BCUT2D eigenvalue weighted by Crippen LogP contribution is -2.33. The van der Waals surface area contributed by atoms with Crippen molar-refractivity contribution in [1.82, 2.24) is 4.72 Å². The molecule has 6 nitrogen and oxygen atoms in total. The van der Waals surface area contributed by atoms with E-state index in [4.69, 9.17) is 11.6 Å². The van der Waals surface area contributed by atoms with Crippen molar-refractivity contribution in [2.24, 2.45) is 11.8 Å². The van der Waals surface area contributed by atoms with Gasteiger partial charge in [-0.1, -0.05) is 95.6 Å². The third kappa shape index (κ3) is 10.5. The van der Waals surface area contributed by atoms with Crippen LogP contribution in [0, 0.1) is 11.8 Å². The van der Waals surface area contributed by atoms with Gasteiger partial charge in [0.2, 0.25) is 15.9 Å². The van der Waals surface area contributed by atoms with Crippen molar-refractivity contribution in [3.63, 3.8) is 0 Å². The molecule has 0 saturated heterocycles. The number of Topliss-reactive ketones (excluding diaryl/α,β-unsaturated/α-hetero) is 1. The molecule has 1 aliphatic carbocycles. The normalized spacial score (nSPS) is 15.5. The molecule has 1 fully saturated rings. The number of benzene rings is 1. The molecule has 1 unspecified atom stereocenters. The van der Waals surface area contributed by atoms with E-state index in [1.165, 1.54) is 63.1 Å². The van der Waals surface area contributed by atoms with Gasteiger partial charge in [-0.25, -0.2) is 13.1 Å². The van der Waals surface area contributed by atoms with E-state index in [0.717, 1.165) is 51.4 Å². The van der Waals surface area contributed by atoms with Gasteiger partial charge in [-0.05, 0) is 44.4 Å². The molecule has 8 heteroatoms. The molecular formula is C28H45ClN2O4S. The van der Waals surface area contributed by atoms with Crippen LogP contribution in [0.25, 0.3) is 0 Å². The van der Waals surface area contributed by atoms with E-state index in [0.29, 0.717) is 6.54 Å². The Labute approximate surface area is 223 Å². The van der Waals surface area contributed by atoms with Gasteiger partial charge < -0.3 is 5.32 Å². The number of rotatable bonds is 17. The lowest BCUT2D eigenvalue weighted by atomic mass is 9.82. The molecule has 1 aromatic carbocycles. The summed E-state index contributed by atoms with van der Waals surface area (Å²) in [4.78, 5) is 25.5. The van der Waals surface area contributed by atoms with Gasteiger partial charge >= 0.3 is 0 Å². The highest BCUT2D eigenvalue weighted by atomic mass is 35.5. The number of nitrogens with one attached hydrogen (secondary N) is 2. The van der Waals surface area contributed by atoms with Crippen LogP contribution < -0.4 is 10.0 Å². The zero-order valence-corrected chi connectivity index (χ0v) is 23.7. The summed E-state index contributed by atoms with van der Waals surface area (Å²) >= 11 is 6.23. The fourth-order valence-corrected chi connectivity index (χ4v) is 6.05. The Balaban J connectivity index is 1.80. The number of ketones is 1. The Hall–Kier alpha value is -1.44. The van der Waals surface area contributed by atoms with Gasteiger partial charge in [-0.2, -0.15) is 0 Å². The molecule has 2 rings (SSSR count). The van der Waals surface area contributed by atoms with Crippen molar-refractivity contribution in [2.45, 2.75) is 115 Å². The van der Waals surface area contributed by atoms with E-state index in [1.807, 2.05) is 0 Å². The first kappa shape index (κ1) is 30.8. The van der Waals surface area contributed by atoms with E-state index < -0.39 is 21.8 Å². The van der Waals surface area contributed by atoms with Crippen molar-refractivity contribution in [2.75, 3.05) is 11.9 Å². The minimum Gasteiger partial charge on any atom is -0.324 e. The van der Waals surface area contributed by atoms with Gasteiger partial charge in [0.15, 0.2) is 0 Å². The number of carbonyl (C=O) groups excluding carboxylic acids is 2. The van der Waals surface area contributed by atoms with Crippen LogP contribution in [0.4, 0.5) is 5.69 Å². The van der Waals surface area contributed by atoms with Gasteiger partial charge in [0.05, 0.1) is 21.5 Å². The second-order valence-corrected chi connectivity index (χ2v) is 12.3. The van der Waals surface area contributed by atoms with Crippen molar-refractivity contribution in [1.29, 1.82) is 0 Å². The van der Waals surface area contributed by atoms with E-state index in [2.05, 4.69) is 17.0 Å². The summed E-state index contributed by atoms with van der Waals surface area (Å²) in [6.45, 7) is 4.20. The van der Waals surface area contributed by atoms with E-state index >= 15 is 0 Å². The van der Waals surface area contributed by atoms with E-state index in [-0.39, 0.29) is 27.3 Å². The number of hydrogen-bond donors (Lipinski definition) is 2. The summed E-state index contributed by atoms with van der Waals surface area (Å²) in [5, 5.41) is 2.90. The molecule has 1 amide bonds. The highest BCUT2D eigenvalue weighted by Crippen LogP contribution is 2.29. The van der Waals surface area contributed by atoms with Gasteiger partial charge in [-0.15, -0.1) is 0 Å². The molecule has 0 aromatic heterocycles. The molecule has 0 heterocycles. The van der Waals surface area contributed by atoms with Crippen LogP contribution in [-0.2, 0) is 19.6 Å². The molecule has 0 spiro atoms. The predicted octanol–water partition coefficient (Wildman–Crippen LogP) is 7.26. The number of halogens is 1. The fourth-order valence-electron chi connectivity index (χ4n) is 4.78. The standard InChI is InChI=1S/C28H45ClN2O4S/c1-3-4-5-6-7-8-9-10-11-15-20-30-36(34,35)24-18-19-25(29)26(21-24)31-28(33)22(2)27(32)23-16-13-12-14-17-23/h18-19,21-23,30H,3-17,20H2,1-2H3,(H,31,33). The van der Waals surface area contributed by atoms with Crippen LogP contribution in [-0.4, -0.2) is 26.7 Å². The SMILES string of the molecule is CCCCCCCCCCCCNS(=O)(=O)c1ccc(Cl)c(NC(=O)C(C)C(=O)C2CCCCC2)c1. The Kier molecular flexibility index (Phi) is 14.0. The largest absolute Gasteiger partial charge is 0.324 e. The maximum absolute atomic E-state index is 12.8. The first-order valence-corrected chi connectivity index (χ1v) is 15.8. The highest BCUT2D eigenvalue weighted by Gasteiger charge is 2.30. The summed E-state index contributed by atoms with van der Waals surface area (Å²) in [6.07, 6.45) is 16.7. The van der Waals surface area contributed by atoms with E-state index in [9.17, 15) is 18.0 Å². The molecule has 1 atom stereocenters. The van der Waals surface area contributed by atoms with Crippen molar-refractivity contribution < 1.29 is 18.0 Å². The van der Waals surface area contributed by atoms with Crippen LogP contribution in [0.2, 0.25) is 5.02 Å². The molecule has 0 radical (unpaired) electrons. The summed E-state index contributed by atoms with van der Waals surface area (Å²) in [6, 6.07) is 4.24. The number of unbranched alkanes of at least 4 members (excludes halogenated alkanes) is 9. The first-order valence-electron chi connectivity index (χ1n) is 13.9. The number of amides is 1. The van der Waals surface area contributed by atoms with Crippen LogP contribution >= 0.6 is 11.6 Å². The van der Waals surface area contributed by atoms with E-state index in [1.54, 1.807) is 6.92 Å². The van der Waals surface area contributed by atoms with Gasteiger partial charge in [0, 0.05) is 12.5 Å². The molecule has 1 aromatic rings. The van der Waals surface area contributed by atoms with Crippen molar-refractivity contribution in [3.8, 4) is 0 Å². The monoisotopic (exact) mass is 540 g/mol. The predicted molar refractivity (Wildman–Crippen MR) is 148 cm³/mol. The lowest BCUT2D eigenvalue weighted by molar-refractivity contribution is -0.133. The Morgan fingerprint density at radius 1 is 0.944 bits per heavy atom. The van der Waals surface area contributed by atoms with Gasteiger partial charge in [0.25, 0.3) is 0 Å². The lowest BCUT2D eigenvalue weighted by Gasteiger charge is -2.23. The molecule has 204 valence electrons. The fraction of sp³-hybridized carbons (Fsp3) is 0.714.